The molecule has 3 N–H and O–H groups in total. The van der Waals surface area contributed by atoms with E-state index in [4.69, 9.17) is 9.47 Å². The van der Waals surface area contributed by atoms with Crippen molar-refractivity contribution >= 4 is 10.9 Å². The van der Waals surface area contributed by atoms with Crippen LogP contribution in [0.25, 0.3) is 10.9 Å². The molecule has 1 aromatic heterocycles. The molecule has 1 atom stereocenters. The number of methoxy groups -OCH3 is 2. The van der Waals surface area contributed by atoms with Crippen LogP contribution < -0.4 is 20.3 Å². The second-order valence-corrected chi connectivity index (χ2v) is 7.00. The van der Waals surface area contributed by atoms with E-state index in [-0.39, 0.29) is 17.4 Å². The Kier molecular flexibility index (Phi) is 5.94. The zero-order chi connectivity index (χ0) is 20.3. The summed E-state index contributed by atoms with van der Waals surface area (Å²) >= 11 is 0. The number of fused-ring (bicyclic) bond motifs is 1. The van der Waals surface area contributed by atoms with Crippen LogP contribution in [0.4, 0.5) is 4.39 Å². The van der Waals surface area contributed by atoms with Gasteiger partial charge in [0.05, 0.1) is 25.1 Å². The number of rotatable bonds is 7. The number of hydrogen-bond donors (Lipinski definition) is 2. The zero-order valence-corrected chi connectivity index (χ0v) is 16.5. The quantitative estimate of drug-likeness (QED) is 0.654. The summed E-state index contributed by atoms with van der Waals surface area (Å²) in [4.78, 5) is 19.9. The van der Waals surface area contributed by atoms with Crippen LogP contribution >= 0.6 is 0 Å². The topological polar surface area (TPSA) is 80.8 Å². The van der Waals surface area contributed by atoms with Gasteiger partial charge in [-0.2, -0.15) is 0 Å². The Bertz CT molecular complexity index is 1020. The van der Waals surface area contributed by atoms with Gasteiger partial charge in [-0.3, -0.25) is 4.79 Å². The first-order valence-electron chi connectivity index (χ1n) is 9.16. The predicted octanol–water partition coefficient (Wildman–Crippen LogP) is 2.54. The van der Waals surface area contributed by atoms with Crippen molar-refractivity contribution in [2.75, 3.05) is 14.2 Å². The maximum absolute atomic E-state index is 13.2. The highest BCUT2D eigenvalue weighted by atomic mass is 19.1. The lowest BCUT2D eigenvalue weighted by atomic mass is 9.96. The van der Waals surface area contributed by atoms with E-state index >= 15 is 0 Å². The third-order valence-electron chi connectivity index (χ3n) is 4.80. The third kappa shape index (κ3) is 4.14. The highest BCUT2D eigenvalue weighted by molar-refractivity contribution is 5.81. The molecule has 0 bridgehead atoms. The third-order valence-corrected chi connectivity index (χ3v) is 4.80. The van der Waals surface area contributed by atoms with E-state index in [1.807, 2.05) is 0 Å². The Hall–Kier alpha value is -2.93. The molecule has 6 nitrogen and oxygen atoms in total. The predicted molar refractivity (Wildman–Crippen MR) is 105 cm³/mol. The Labute approximate surface area is 162 Å². The van der Waals surface area contributed by atoms with E-state index in [2.05, 4.69) is 29.1 Å². The first kappa shape index (κ1) is 19.8. The van der Waals surface area contributed by atoms with Gasteiger partial charge in [-0.25, -0.2) is 9.37 Å². The molecule has 148 valence electrons. The van der Waals surface area contributed by atoms with Crippen LogP contribution in [0.5, 0.6) is 11.5 Å². The number of nitrogens with two attached hydrogens (primary N) is 1. The molecule has 0 aliphatic heterocycles. The fourth-order valence-electron chi connectivity index (χ4n) is 3.33. The Morgan fingerprint density at radius 2 is 1.75 bits per heavy atom. The second-order valence-electron chi connectivity index (χ2n) is 7.00. The summed E-state index contributed by atoms with van der Waals surface area (Å²) in [5.74, 6) is 1.64. The number of aromatic amines is 1. The normalized spacial score (nSPS) is 12.4. The molecule has 3 aromatic rings. The highest BCUT2D eigenvalue weighted by Gasteiger charge is 2.20. The molecular weight excluding hydrogens is 361 g/mol. The van der Waals surface area contributed by atoms with E-state index in [0.29, 0.717) is 40.7 Å². The molecule has 0 aliphatic rings. The lowest BCUT2D eigenvalue weighted by Crippen LogP contribution is -2.85. The van der Waals surface area contributed by atoms with Gasteiger partial charge in [0.15, 0.2) is 17.3 Å². The molecule has 0 fully saturated rings. The number of benzene rings is 2. The van der Waals surface area contributed by atoms with Gasteiger partial charge in [-0.05, 0) is 18.2 Å². The number of H-pyrrole nitrogens is 1. The molecule has 1 heterocycles. The fraction of sp³-hybridized carbons (Fsp3) is 0.333. The van der Waals surface area contributed by atoms with Crippen LogP contribution in [-0.4, -0.2) is 24.2 Å². The van der Waals surface area contributed by atoms with Crippen LogP contribution in [0.15, 0.2) is 41.2 Å². The number of aromatic nitrogens is 2. The lowest BCUT2D eigenvalue weighted by Gasteiger charge is -2.19. The van der Waals surface area contributed by atoms with Crippen molar-refractivity contribution in [3.05, 3.63) is 64.0 Å². The number of ether oxygens (including phenoxy) is 2. The second kappa shape index (κ2) is 8.39. The molecule has 0 spiro atoms. The maximum Gasteiger partial charge on any atom is 0.259 e. The first-order valence-corrected chi connectivity index (χ1v) is 9.16. The van der Waals surface area contributed by atoms with Gasteiger partial charge >= 0.3 is 0 Å². The van der Waals surface area contributed by atoms with Gasteiger partial charge in [0.2, 0.25) is 0 Å². The molecule has 7 heteroatoms. The summed E-state index contributed by atoms with van der Waals surface area (Å²) in [5.41, 5.74) is 1.36. The summed E-state index contributed by atoms with van der Waals surface area (Å²) in [6.07, 6.45) is 0. The smallest absolute Gasteiger partial charge is 0.259 e. The van der Waals surface area contributed by atoms with E-state index in [1.165, 1.54) is 19.2 Å². The average Bonchev–Trinajstić information content (AvgIpc) is 2.68. The summed E-state index contributed by atoms with van der Waals surface area (Å²) in [7, 11) is 3.07. The van der Waals surface area contributed by atoms with Gasteiger partial charge in [-0.15, -0.1) is 0 Å². The fourth-order valence-corrected chi connectivity index (χ4v) is 3.33. The largest absolute Gasteiger partial charge is 0.493 e. The minimum atomic E-state index is -0.254. The SMILES string of the molecule is COc1cc2nc(C[NH2+][C@@H](c3ccc(F)cc3)C(C)C)[nH]c(=O)c2cc1OC. The number of halogens is 1. The standard InChI is InChI=1S/C21H24FN3O3/c1-12(2)20(13-5-7-14(22)8-6-13)23-11-19-24-16-10-18(28-4)17(27-3)9-15(16)21(26)25-19/h5-10,12,20,23H,11H2,1-4H3,(H,24,25,26)/p+1/t20-/m1/s1. The molecule has 2 aromatic carbocycles. The van der Waals surface area contributed by atoms with Crippen LogP contribution in [0.3, 0.4) is 0 Å². The van der Waals surface area contributed by atoms with Crippen LogP contribution in [0, 0.1) is 11.7 Å². The Balaban J connectivity index is 1.88. The highest BCUT2D eigenvalue weighted by Crippen LogP contribution is 2.29. The maximum atomic E-state index is 13.2. The minimum Gasteiger partial charge on any atom is -0.493 e. The molecule has 28 heavy (non-hydrogen) atoms. The lowest BCUT2D eigenvalue weighted by molar-refractivity contribution is -0.718. The van der Waals surface area contributed by atoms with Crippen LogP contribution in [0.1, 0.15) is 31.3 Å². The summed E-state index contributed by atoms with van der Waals surface area (Å²) in [5, 5.41) is 2.54. The van der Waals surface area contributed by atoms with Crippen molar-refractivity contribution in [2.45, 2.75) is 26.4 Å². The zero-order valence-electron chi connectivity index (χ0n) is 16.5. The first-order chi connectivity index (χ1) is 13.4. The molecule has 0 radical (unpaired) electrons. The minimum absolute atomic E-state index is 0.118. The number of nitrogens with zero attached hydrogens (tertiary/aromatic N) is 1. The van der Waals surface area contributed by atoms with Crippen molar-refractivity contribution in [3.63, 3.8) is 0 Å². The van der Waals surface area contributed by atoms with Crippen LogP contribution in [0.2, 0.25) is 0 Å². The number of hydrogen-bond acceptors (Lipinski definition) is 4. The molecule has 0 amide bonds. The monoisotopic (exact) mass is 386 g/mol. The van der Waals surface area contributed by atoms with Crippen molar-refractivity contribution in [1.29, 1.82) is 0 Å². The van der Waals surface area contributed by atoms with Crippen molar-refractivity contribution in [2.24, 2.45) is 5.92 Å². The van der Waals surface area contributed by atoms with E-state index in [9.17, 15) is 9.18 Å². The van der Waals surface area contributed by atoms with Gasteiger partial charge < -0.3 is 19.8 Å². The molecule has 0 saturated carbocycles. The Morgan fingerprint density at radius 3 is 2.36 bits per heavy atom. The van der Waals surface area contributed by atoms with Crippen molar-refractivity contribution in [1.82, 2.24) is 9.97 Å². The molecule has 0 saturated heterocycles. The van der Waals surface area contributed by atoms with Gasteiger partial charge in [-0.1, -0.05) is 26.0 Å². The molecule has 0 aliphatic carbocycles. The van der Waals surface area contributed by atoms with E-state index in [0.717, 1.165) is 5.56 Å². The van der Waals surface area contributed by atoms with Gasteiger partial charge in [0.25, 0.3) is 5.56 Å². The van der Waals surface area contributed by atoms with Gasteiger partial charge in [0, 0.05) is 17.5 Å². The van der Waals surface area contributed by atoms with E-state index < -0.39 is 0 Å². The number of quaternary nitrogens is 1. The number of nitrogens with one attached hydrogen (secondary N) is 1. The summed E-state index contributed by atoms with van der Waals surface area (Å²) in [6.45, 7) is 4.70. The van der Waals surface area contributed by atoms with E-state index in [1.54, 1.807) is 31.4 Å². The average molecular weight is 386 g/mol. The van der Waals surface area contributed by atoms with Crippen LogP contribution in [-0.2, 0) is 6.54 Å². The molecular formula is C21H25FN3O3+. The summed E-state index contributed by atoms with van der Waals surface area (Å²) in [6, 6.07) is 9.97. The molecule has 3 rings (SSSR count). The summed E-state index contributed by atoms with van der Waals surface area (Å²) < 4.78 is 23.8. The van der Waals surface area contributed by atoms with Gasteiger partial charge in [0.1, 0.15) is 18.4 Å². The van der Waals surface area contributed by atoms with Crippen molar-refractivity contribution in [3.8, 4) is 11.5 Å². The Morgan fingerprint density at radius 1 is 1.11 bits per heavy atom. The molecule has 0 unspecified atom stereocenters. The van der Waals surface area contributed by atoms with Crippen molar-refractivity contribution < 1.29 is 19.2 Å².